The van der Waals surface area contributed by atoms with Gasteiger partial charge in [-0.2, -0.15) is 0 Å². The van der Waals surface area contributed by atoms with Crippen molar-refractivity contribution in [3.8, 4) is 0 Å². The van der Waals surface area contributed by atoms with Crippen LogP contribution >= 0.6 is 0 Å². The van der Waals surface area contributed by atoms with E-state index < -0.39 is 0 Å². The van der Waals surface area contributed by atoms with E-state index in [1.54, 1.807) is 25.3 Å². The first-order chi connectivity index (χ1) is 7.20. The molecule has 1 heterocycles. The van der Waals surface area contributed by atoms with Crippen LogP contribution in [0.25, 0.3) is 10.9 Å². The Labute approximate surface area is 86.7 Å². The molecule has 4 heteroatoms. The number of fused-ring (bicyclic) bond motifs is 1. The van der Waals surface area contributed by atoms with E-state index in [1.807, 2.05) is 6.07 Å². The first kappa shape index (κ1) is 9.73. The highest BCUT2D eigenvalue weighted by molar-refractivity contribution is 5.84. The maximum atomic E-state index is 11.3. The molecule has 0 radical (unpaired) electrons. The number of nitrogens with one attached hydrogen (secondary N) is 1. The summed E-state index contributed by atoms with van der Waals surface area (Å²) < 4.78 is 5.04. The molecule has 0 spiro atoms. The van der Waals surface area contributed by atoms with Crippen LogP contribution in [0.5, 0.6) is 0 Å². The molecule has 0 aliphatic carbocycles. The number of nitrogen functional groups attached to an aromatic ring is 1. The molecule has 1 aromatic heterocycles. The van der Waals surface area contributed by atoms with Crippen LogP contribution in [0.3, 0.4) is 0 Å². The van der Waals surface area contributed by atoms with Crippen molar-refractivity contribution in [3.05, 3.63) is 40.2 Å². The van der Waals surface area contributed by atoms with Crippen LogP contribution in [0.4, 0.5) is 5.69 Å². The van der Waals surface area contributed by atoms with Crippen LogP contribution in [0, 0.1) is 0 Å². The summed E-state index contributed by atoms with van der Waals surface area (Å²) in [6, 6.07) is 6.98. The van der Waals surface area contributed by atoms with E-state index in [9.17, 15) is 4.79 Å². The average molecular weight is 204 g/mol. The molecule has 78 valence electrons. The van der Waals surface area contributed by atoms with Gasteiger partial charge in [0, 0.05) is 24.2 Å². The van der Waals surface area contributed by atoms with Crippen molar-refractivity contribution in [1.29, 1.82) is 0 Å². The van der Waals surface area contributed by atoms with Crippen LogP contribution < -0.4 is 11.3 Å². The number of anilines is 1. The van der Waals surface area contributed by atoms with Crippen molar-refractivity contribution in [2.45, 2.75) is 6.61 Å². The Bertz CT molecular complexity index is 546. The fourth-order valence-corrected chi connectivity index (χ4v) is 1.63. The van der Waals surface area contributed by atoms with Gasteiger partial charge in [-0.1, -0.05) is 6.07 Å². The van der Waals surface area contributed by atoms with Crippen LogP contribution in [0.15, 0.2) is 29.1 Å². The van der Waals surface area contributed by atoms with Crippen molar-refractivity contribution in [1.82, 2.24) is 4.98 Å². The topological polar surface area (TPSA) is 68.1 Å². The van der Waals surface area contributed by atoms with Crippen molar-refractivity contribution in [2.75, 3.05) is 12.8 Å². The number of methoxy groups -OCH3 is 1. The first-order valence-corrected chi connectivity index (χ1v) is 4.61. The van der Waals surface area contributed by atoms with Crippen LogP contribution in [-0.2, 0) is 11.3 Å². The highest BCUT2D eigenvalue weighted by Gasteiger charge is 2.03. The number of rotatable bonds is 2. The predicted octanol–water partition coefficient (Wildman–Crippen LogP) is 1.26. The largest absolute Gasteiger partial charge is 0.399 e. The fourth-order valence-electron chi connectivity index (χ4n) is 1.63. The average Bonchev–Trinajstić information content (AvgIpc) is 2.17. The summed E-state index contributed by atoms with van der Waals surface area (Å²) in [5.74, 6) is 0. The Kier molecular flexibility index (Phi) is 2.43. The minimum absolute atomic E-state index is 0.139. The summed E-state index contributed by atoms with van der Waals surface area (Å²) in [4.78, 5) is 14.1. The number of benzene rings is 1. The van der Waals surface area contributed by atoms with Gasteiger partial charge in [-0.05, 0) is 17.7 Å². The van der Waals surface area contributed by atoms with Gasteiger partial charge in [-0.25, -0.2) is 0 Å². The molecule has 0 aliphatic heterocycles. The van der Waals surface area contributed by atoms with Gasteiger partial charge < -0.3 is 15.5 Å². The van der Waals surface area contributed by atoms with Gasteiger partial charge >= 0.3 is 0 Å². The molecule has 0 bridgehead atoms. The maximum absolute atomic E-state index is 11.3. The van der Waals surface area contributed by atoms with E-state index in [2.05, 4.69) is 4.98 Å². The molecule has 3 N–H and O–H groups in total. The second kappa shape index (κ2) is 3.74. The highest BCUT2D eigenvalue weighted by Crippen LogP contribution is 2.18. The molecule has 15 heavy (non-hydrogen) atoms. The number of aromatic nitrogens is 1. The molecule has 0 unspecified atom stereocenters. The molecule has 4 nitrogen and oxygen atoms in total. The van der Waals surface area contributed by atoms with E-state index in [0.29, 0.717) is 12.3 Å². The van der Waals surface area contributed by atoms with Gasteiger partial charge in [0.15, 0.2) is 0 Å². The quantitative estimate of drug-likeness (QED) is 0.723. The second-order valence-electron chi connectivity index (χ2n) is 3.40. The lowest BCUT2D eigenvalue weighted by Gasteiger charge is -2.05. The molecule has 2 rings (SSSR count). The zero-order valence-corrected chi connectivity index (χ0v) is 8.41. The van der Waals surface area contributed by atoms with E-state index >= 15 is 0 Å². The van der Waals surface area contributed by atoms with Crippen LogP contribution in [0.1, 0.15) is 5.56 Å². The standard InChI is InChI=1S/C11H12N2O2/c1-15-6-7-4-11(14)13-10-5-8(12)2-3-9(7)10/h2-5H,6,12H2,1H3,(H,13,14). The molecule has 0 amide bonds. The van der Waals surface area contributed by atoms with Crippen LogP contribution in [0.2, 0.25) is 0 Å². The van der Waals surface area contributed by atoms with E-state index in [4.69, 9.17) is 10.5 Å². The molecule has 2 aromatic rings. The van der Waals surface area contributed by atoms with Gasteiger partial charge in [0.2, 0.25) is 5.56 Å². The number of hydrogen-bond donors (Lipinski definition) is 2. The first-order valence-electron chi connectivity index (χ1n) is 4.61. The van der Waals surface area contributed by atoms with Gasteiger partial charge in [-0.15, -0.1) is 0 Å². The van der Waals surface area contributed by atoms with Crippen molar-refractivity contribution in [3.63, 3.8) is 0 Å². The molecule has 0 fully saturated rings. The number of pyridine rings is 1. The van der Waals surface area contributed by atoms with Crippen molar-refractivity contribution in [2.24, 2.45) is 0 Å². The maximum Gasteiger partial charge on any atom is 0.248 e. The highest BCUT2D eigenvalue weighted by atomic mass is 16.5. The number of hydrogen-bond acceptors (Lipinski definition) is 3. The molecular weight excluding hydrogens is 192 g/mol. The molecule has 1 aromatic carbocycles. The number of ether oxygens (including phenoxy) is 1. The Balaban J connectivity index is 2.74. The summed E-state index contributed by atoms with van der Waals surface area (Å²) in [6.45, 7) is 0.421. The summed E-state index contributed by atoms with van der Waals surface area (Å²) >= 11 is 0. The predicted molar refractivity (Wildman–Crippen MR) is 59.7 cm³/mol. The Morgan fingerprint density at radius 1 is 1.40 bits per heavy atom. The molecular formula is C11H12N2O2. The fraction of sp³-hybridized carbons (Fsp3) is 0.182. The minimum Gasteiger partial charge on any atom is -0.399 e. The number of H-pyrrole nitrogens is 1. The summed E-state index contributed by atoms with van der Waals surface area (Å²) in [7, 11) is 1.60. The minimum atomic E-state index is -0.139. The Hall–Kier alpha value is -1.81. The monoisotopic (exact) mass is 204 g/mol. The number of aromatic amines is 1. The zero-order chi connectivity index (χ0) is 10.8. The third-order valence-electron chi connectivity index (χ3n) is 2.25. The van der Waals surface area contributed by atoms with Crippen LogP contribution in [-0.4, -0.2) is 12.1 Å². The van der Waals surface area contributed by atoms with Crippen molar-refractivity contribution < 1.29 is 4.74 Å². The van der Waals surface area contributed by atoms with Gasteiger partial charge in [0.1, 0.15) is 0 Å². The summed E-state index contributed by atoms with van der Waals surface area (Å²) in [5, 5.41) is 0.964. The summed E-state index contributed by atoms with van der Waals surface area (Å²) in [5.41, 5.74) is 7.75. The molecule has 0 atom stereocenters. The molecule has 0 saturated carbocycles. The second-order valence-corrected chi connectivity index (χ2v) is 3.40. The SMILES string of the molecule is COCc1cc(=O)[nH]c2cc(N)ccc12. The van der Waals surface area contributed by atoms with E-state index in [-0.39, 0.29) is 5.56 Å². The zero-order valence-electron chi connectivity index (χ0n) is 8.41. The Morgan fingerprint density at radius 3 is 2.93 bits per heavy atom. The van der Waals surface area contributed by atoms with Gasteiger partial charge in [0.05, 0.1) is 12.1 Å². The smallest absolute Gasteiger partial charge is 0.248 e. The van der Waals surface area contributed by atoms with Gasteiger partial charge in [0.25, 0.3) is 0 Å². The van der Waals surface area contributed by atoms with E-state index in [1.165, 1.54) is 0 Å². The third kappa shape index (κ3) is 1.85. The van der Waals surface area contributed by atoms with Gasteiger partial charge in [-0.3, -0.25) is 4.79 Å². The number of nitrogens with two attached hydrogens (primary N) is 1. The lowest BCUT2D eigenvalue weighted by atomic mass is 10.1. The molecule has 0 saturated heterocycles. The third-order valence-corrected chi connectivity index (χ3v) is 2.25. The van der Waals surface area contributed by atoms with E-state index in [0.717, 1.165) is 16.5 Å². The Morgan fingerprint density at radius 2 is 2.20 bits per heavy atom. The lowest BCUT2D eigenvalue weighted by Crippen LogP contribution is -2.07. The molecule has 0 aliphatic rings. The van der Waals surface area contributed by atoms with Crippen molar-refractivity contribution >= 4 is 16.6 Å². The lowest BCUT2D eigenvalue weighted by molar-refractivity contribution is 0.186. The summed E-state index contributed by atoms with van der Waals surface area (Å²) in [6.07, 6.45) is 0. The normalized spacial score (nSPS) is 10.7.